The van der Waals surface area contributed by atoms with Gasteiger partial charge >= 0.3 is 0 Å². The van der Waals surface area contributed by atoms with Crippen molar-refractivity contribution >= 4 is 11.4 Å². The highest BCUT2D eigenvalue weighted by molar-refractivity contribution is 5.49. The molecule has 0 aliphatic heterocycles. The van der Waals surface area contributed by atoms with E-state index in [-0.39, 0.29) is 13.2 Å². The van der Waals surface area contributed by atoms with E-state index < -0.39 is 0 Å². The van der Waals surface area contributed by atoms with Crippen LogP contribution < -0.4 is 0 Å². The van der Waals surface area contributed by atoms with Gasteiger partial charge in [0.15, 0.2) is 0 Å². The SMILES string of the molecule is OCCc1ccccc1N=Nc1ccccc1CCO. The van der Waals surface area contributed by atoms with Gasteiger partial charge in [-0.1, -0.05) is 36.4 Å². The van der Waals surface area contributed by atoms with Gasteiger partial charge in [-0.2, -0.15) is 10.2 Å². The summed E-state index contributed by atoms with van der Waals surface area (Å²) in [6.07, 6.45) is 1.13. The number of azo groups is 1. The van der Waals surface area contributed by atoms with E-state index in [2.05, 4.69) is 10.2 Å². The number of hydrogen-bond acceptors (Lipinski definition) is 4. The van der Waals surface area contributed by atoms with E-state index in [0.717, 1.165) is 22.5 Å². The lowest BCUT2D eigenvalue weighted by Crippen LogP contribution is -1.91. The number of nitrogens with zero attached hydrogens (tertiary/aromatic N) is 2. The first-order chi connectivity index (χ1) is 9.85. The fourth-order valence-electron chi connectivity index (χ4n) is 1.99. The van der Waals surface area contributed by atoms with Crippen LogP contribution in [-0.4, -0.2) is 23.4 Å². The summed E-state index contributed by atoms with van der Waals surface area (Å²) in [7, 11) is 0. The highest BCUT2D eigenvalue weighted by atomic mass is 16.3. The second-order valence-electron chi connectivity index (χ2n) is 4.40. The highest BCUT2D eigenvalue weighted by Crippen LogP contribution is 2.25. The molecule has 2 aromatic rings. The third kappa shape index (κ3) is 3.73. The number of hydrogen-bond donors (Lipinski definition) is 2. The van der Waals surface area contributed by atoms with Crippen molar-refractivity contribution in [2.24, 2.45) is 10.2 Å². The lowest BCUT2D eigenvalue weighted by molar-refractivity contribution is 0.299. The minimum Gasteiger partial charge on any atom is -0.396 e. The predicted octanol–water partition coefficient (Wildman–Crippen LogP) is 3.17. The zero-order valence-electron chi connectivity index (χ0n) is 11.2. The van der Waals surface area contributed by atoms with Crippen LogP contribution in [0.5, 0.6) is 0 Å². The second kappa shape index (κ2) is 7.53. The first-order valence-electron chi connectivity index (χ1n) is 6.64. The summed E-state index contributed by atoms with van der Waals surface area (Å²) < 4.78 is 0. The smallest absolute Gasteiger partial charge is 0.0889 e. The van der Waals surface area contributed by atoms with E-state index in [1.165, 1.54) is 0 Å². The molecular formula is C16H18N2O2. The van der Waals surface area contributed by atoms with E-state index in [0.29, 0.717) is 12.8 Å². The van der Waals surface area contributed by atoms with Crippen LogP contribution in [0, 0.1) is 0 Å². The van der Waals surface area contributed by atoms with Crippen LogP contribution in [0.15, 0.2) is 58.8 Å². The first kappa shape index (κ1) is 14.4. The van der Waals surface area contributed by atoms with Crippen molar-refractivity contribution in [1.82, 2.24) is 0 Å². The number of aliphatic hydroxyl groups excluding tert-OH is 2. The van der Waals surface area contributed by atoms with Crippen molar-refractivity contribution in [1.29, 1.82) is 0 Å². The average molecular weight is 270 g/mol. The molecule has 0 saturated carbocycles. The summed E-state index contributed by atoms with van der Waals surface area (Å²) in [6, 6.07) is 15.3. The molecule has 20 heavy (non-hydrogen) atoms. The summed E-state index contributed by atoms with van der Waals surface area (Å²) in [4.78, 5) is 0. The van der Waals surface area contributed by atoms with E-state index >= 15 is 0 Å². The van der Waals surface area contributed by atoms with Gasteiger partial charge in [0.2, 0.25) is 0 Å². The first-order valence-corrected chi connectivity index (χ1v) is 6.64. The Balaban J connectivity index is 2.25. The quantitative estimate of drug-likeness (QED) is 0.792. The maximum atomic E-state index is 9.04. The molecule has 0 fully saturated rings. The largest absolute Gasteiger partial charge is 0.396 e. The molecule has 2 rings (SSSR count). The lowest BCUT2D eigenvalue weighted by Gasteiger charge is -2.04. The van der Waals surface area contributed by atoms with Crippen LogP contribution >= 0.6 is 0 Å². The van der Waals surface area contributed by atoms with Crippen LogP contribution in [0.25, 0.3) is 0 Å². The molecule has 104 valence electrons. The Kier molecular flexibility index (Phi) is 5.41. The van der Waals surface area contributed by atoms with Gasteiger partial charge in [-0.15, -0.1) is 0 Å². The van der Waals surface area contributed by atoms with Crippen molar-refractivity contribution < 1.29 is 10.2 Å². The van der Waals surface area contributed by atoms with Crippen LogP contribution in [0.2, 0.25) is 0 Å². The van der Waals surface area contributed by atoms with Crippen LogP contribution in [0.3, 0.4) is 0 Å². The maximum Gasteiger partial charge on any atom is 0.0889 e. The molecule has 2 N–H and O–H groups in total. The average Bonchev–Trinajstić information content (AvgIpc) is 2.48. The third-order valence-electron chi connectivity index (χ3n) is 3.01. The summed E-state index contributed by atoms with van der Waals surface area (Å²) in [5.74, 6) is 0. The molecule has 0 heterocycles. The Morgan fingerprint density at radius 1 is 0.650 bits per heavy atom. The van der Waals surface area contributed by atoms with E-state index in [4.69, 9.17) is 10.2 Å². The Morgan fingerprint density at radius 2 is 1.05 bits per heavy atom. The Labute approximate surface area is 118 Å². The normalized spacial score (nSPS) is 11.1. The number of rotatable bonds is 6. The fourth-order valence-corrected chi connectivity index (χ4v) is 1.99. The lowest BCUT2D eigenvalue weighted by atomic mass is 10.1. The summed E-state index contributed by atoms with van der Waals surface area (Å²) in [5, 5.41) is 26.6. The van der Waals surface area contributed by atoms with Crippen molar-refractivity contribution in [2.75, 3.05) is 13.2 Å². The second-order valence-corrected chi connectivity index (χ2v) is 4.40. The minimum absolute atomic E-state index is 0.0909. The Bertz CT molecular complexity index is 531. The summed E-state index contributed by atoms with van der Waals surface area (Å²) >= 11 is 0. The van der Waals surface area contributed by atoms with E-state index in [1.54, 1.807) is 0 Å². The van der Waals surface area contributed by atoms with Gasteiger partial charge in [-0.3, -0.25) is 0 Å². The highest BCUT2D eigenvalue weighted by Gasteiger charge is 2.02. The standard InChI is InChI=1S/C16H18N2O2/c19-11-9-13-5-1-3-7-15(13)17-18-16-8-4-2-6-14(16)10-12-20/h1-8,19-20H,9-12H2. The topological polar surface area (TPSA) is 65.2 Å². The van der Waals surface area contributed by atoms with Crippen LogP contribution in [0.4, 0.5) is 11.4 Å². The van der Waals surface area contributed by atoms with Gasteiger partial charge in [0, 0.05) is 13.2 Å². The number of benzene rings is 2. The predicted molar refractivity (Wildman–Crippen MR) is 78.6 cm³/mol. The minimum atomic E-state index is 0.0909. The summed E-state index contributed by atoms with van der Waals surface area (Å²) in [5.41, 5.74) is 3.47. The van der Waals surface area contributed by atoms with E-state index in [1.807, 2.05) is 48.5 Å². The van der Waals surface area contributed by atoms with Gasteiger partial charge in [0.05, 0.1) is 11.4 Å². The number of aliphatic hydroxyl groups is 2. The molecule has 0 aliphatic carbocycles. The monoisotopic (exact) mass is 270 g/mol. The molecule has 0 radical (unpaired) electrons. The molecule has 2 aromatic carbocycles. The van der Waals surface area contributed by atoms with Crippen molar-refractivity contribution in [3.8, 4) is 0 Å². The summed E-state index contributed by atoms with van der Waals surface area (Å²) in [6.45, 7) is 0.182. The molecule has 0 unspecified atom stereocenters. The van der Waals surface area contributed by atoms with Gasteiger partial charge in [-0.25, -0.2) is 0 Å². The molecule has 0 saturated heterocycles. The Morgan fingerprint density at radius 3 is 1.45 bits per heavy atom. The molecule has 0 bridgehead atoms. The fraction of sp³-hybridized carbons (Fsp3) is 0.250. The molecular weight excluding hydrogens is 252 g/mol. The van der Waals surface area contributed by atoms with Gasteiger partial charge in [0.1, 0.15) is 0 Å². The van der Waals surface area contributed by atoms with Gasteiger partial charge in [-0.05, 0) is 36.1 Å². The van der Waals surface area contributed by atoms with E-state index in [9.17, 15) is 0 Å². The van der Waals surface area contributed by atoms with Gasteiger partial charge in [0.25, 0.3) is 0 Å². The molecule has 0 amide bonds. The molecule has 4 nitrogen and oxygen atoms in total. The van der Waals surface area contributed by atoms with Crippen LogP contribution in [0.1, 0.15) is 11.1 Å². The Hall–Kier alpha value is -2.04. The molecule has 4 heteroatoms. The third-order valence-corrected chi connectivity index (χ3v) is 3.01. The van der Waals surface area contributed by atoms with Crippen molar-refractivity contribution in [3.05, 3.63) is 59.7 Å². The molecule has 0 atom stereocenters. The van der Waals surface area contributed by atoms with Gasteiger partial charge < -0.3 is 10.2 Å². The van der Waals surface area contributed by atoms with Crippen molar-refractivity contribution in [3.63, 3.8) is 0 Å². The van der Waals surface area contributed by atoms with Crippen molar-refractivity contribution in [2.45, 2.75) is 12.8 Å². The molecule has 0 spiro atoms. The molecule has 0 aromatic heterocycles. The zero-order chi connectivity index (χ0) is 14.2. The maximum absolute atomic E-state index is 9.04. The van der Waals surface area contributed by atoms with Crippen LogP contribution in [-0.2, 0) is 12.8 Å². The zero-order valence-corrected chi connectivity index (χ0v) is 11.2. The molecule has 0 aliphatic rings.